The normalized spacial score (nSPS) is 11.1. The van der Waals surface area contributed by atoms with Crippen LogP contribution in [0.1, 0.15) is 31.9 Å². The molecule has 2 aromatic heterocycles. The largest absolute Gasteiger partial charge is 0.324 e. The van der Waals surface area contributed by atoms with Gasteiger partial charge in [-0.3, -0.25) is 0 Å². The Morgan fingerprint density at radius 2 is 2.11 bits per heavy atom. The summed E-state index contributed by atoms with van der Waals surface area (Å²) < 4.78 is 3.97. The molecule has 0 saturated carbocycles. The summed E-state index contributed by atoms with van der Waals surface area (Å²) in [6.07, 6.45) is 2.62. The van der Waals surface area contributed by atoms with Crippen LogP contribution < -0.4 is 5.73 Å². The van der Waals surface area contributed by atoms with Crippen LogP contribution in [0.3, 0.4) is 0 Å². The number of aromatic nitrogens is 6. The lowest BCUT2D eigenvalue weighted by atomic mass is 10.4. The number of hydrogen-bond donors (Lipinski definition) is 1. The van der Waals surface area contributed by atoms with Gasteiger partial charge in [-0.2, -0.15) is 5.10 Å². The molecule has 0 atom stereocenters. The lowest BCUT2D eigenvalue weighted by Crippen LogP contribution is -2.09. The molecule has 7 nitrogen and oxygen atoms in total. The average Bonchev–Trinajstić information content (AvgIpc) is 3.03. The molecule has 0 amide bonds. The van der Waals surface area contributed by atoms with Crippen LogP contribution in [0, 0.1) is 0 Å². The second kappa shape index (κ2) is 6.67. The van der Waals surface area contributed by atoms with E-state index in [0.717, 1.165) is 42.1 Å². The van der Waals surface area contributed by atoms with Gasteiger partial charge in [-0.25, -0.2) is 9.67 Å². The molecule has 2 heterocycles. The molecule has 0 radical (unpaired) electrons. The molecular formula is C11H19N7S. The summed E-state index contributed by atoms with van der Waals surface area (Å²) in [7, 11) is 0. The molecule has 0 aliphatic rings. The minimum Gasteiger partial charge on any atom is -0.324 e. The van der Waals surface area contributed by atoms with Crippen molar-refractivity contribution >= 4 is 11.8 Å². The number of nitrogens with two attached hydrogens (primary N) is 1. The molecule has 2 aromatic rings. The van der Waals surface area contributed by atoms with Crippen molar-refractivity contribution in [2.75, 3.05) is 0 Å². The molecule has 2 N–H and O–H groups in total. The van der Waals surface area contributed by atoms with E-state index in [1.807, 2.05) is 4.68 Å². The predicted octanol–water partition coefficient (Wildman–Crippen LogP) is 1.05. The van der Waals surface area contributed by atoms with Crippen LogP contribution in [0.5, 0.6) is 0 Å². The second-order valence-corrected chi connectivity index (χ2v) is 4.98. The van der Waals surface area contributed by atoms with Crippen LogP contribution >= 0.6 is 11.8 Å². The summed E-state index contributed by atoms with van der Waals surface area (Å²) in [6.45, 7) is 6.31. The van der Waals surface area contributed by atoms with E-state index in [4.69, 9.17) is 5.73 Å². The van der Waals surface area contributed by atoms with E-state index >= 15 is 0 Å². The van der Waals surface area contributed by atoms with Crippen molar-refractivity contribution in [3.05, 3.63) is 18.0 Å². The lowest BCUT2D eigenvalue weighted by Gasteiger charge is -2.07. The third kappa shape index (κ3) is 3.13. The minimum absolute atomic E-state index is 0.415. The molecule has 0 spiro atoms. The number of nitrogens with zero attached hydrogens (tertiary/aromatic N) is 6. The Bertz CT molecular complexity index is 519. The van der Waals surface area contributed by atoms with Crippen molar-refractivity contribution in [2.45, 2.75) is 50.8 Å². The molecule has 0 aromatic carbocycles. The highest BCUT2D eigenvalue weighted by Crippen LogP contribution is 2.21. The zero-order valence-corrected chi connectivity index (χ0v) is 12.1. The predicted molar refractivity (Wildman–Crippen MR) is 73.5 cm³/mol. The summed E-state index contributed by atoms with van der Waals surface area (Å²) >= 11 is 1.62. The summed E-state index contributed by atoms with van der Waals surface area (Å²) in [5.74, 6) is 2.52. The van der Waals surface area contributed by atoms with Crippen molar-refractivity contribution in [1.82, 2.24) is 29.5 Å². The maximum absolute atomic E-state index is 5.67. The van der Waals surface area contributed by atoms with Gasteiger partial charge in [-0.05, 0) is 13.3 Å². The summed E-state index contributed by atoms with van der Waals surface area (Å²) in [5.41, 5.74) is 5.67. The number of rotatable bonds is 7. The van der Waals surface area contributed by atoms with Gasteiger partial charge in [0, 0.05) is 13.1 Å². The fourth-order valence-electron chi connectivity index (χ4n) is 1.82. The monoisotopic (exact) mass is 281 g/mol. The molecule has 19 heavy (non-hydrogen) atoms. The quantitative estimate of drug-likeness (QED) is 0.763. The van der Waals surface area contributed by atoms with Crippen LogP contribution in [0.25, 0.3) is 0 Å². The Balaban J connectivity index is 2.09. The topological polar surface area (TPSA) is 87.4 Å². The third-order valence-electron chi connectivity index (χ3n) is 2.75. The van der Waals surface area contributed by atoms with Gasteiger partial charge < -0.3 is 10.3 Å². The molecule has 104 valence electrons. The number of thioether (sulfide) groups is 1. The van der Waals surface area contributed by atoms with Crippen molar-refractivity contribution in [1.29, 1.82) is 0 Å². The molecular weight excluding hydrogens is 262 g/mol. The van der Waals surface area contributed by atoms with Crippen molar-refractivity contribution < 1.29 is 0 Å². The van der Waals surface area contributed by atoms with E-state index in [1.165, 1.54) is 0 Å². The van der Waals surface area contributed by atoms with Crippen LogP contribution in [0.15, 0.2) is 11.5 Å². The van der Waals surface area contributed by atoms with E-state index in [2.05, 4.69) is 38.7 Å². The van der Waals surface area contributed by atoms with E-state index in [1.54, 1.807) is 18.1 Å². The van der Waals surface area contributed by atoms with Crippen molar-refractivity contribution in [2.24, 2.45) is 5.73 Å². The Morgan fingerprint density at radius 1 is 1.26 bits per heavy atom. The Labute approximate surface area is 116 Å². The highest BCUT2D eigenvalue weighted by molar-refractivity contribution is 7.98. The van der Waals surface area contributed by atoms with E-state index in [-0.39, 0.29) is 0 Å². The first kappa shape index (κ1) is 14.0. The molecule has 0 aliphatic heterocycles. The van der Waals surface area contributed by atoms with E-state index in [9.17, 15) is 0 Å². The van der Waals surface area contributed by atoms with Crippen molar-refractivity contribution in [3.63, 3.8) is 0 Å². The summed E-state index contributed by atoms with van der Waals surface area (Å²) in [4.78, 5) is 4.25. The first-order valence-electron chi connectivity index (χ1n) is 6.41. The SMILES string of the molecule is CCCn1c(CN)nnc1SCc1ncnn1CC. The molecule has 0 saturated heterocycles. The lowest BCUT2D eigenvalue weighted by molar-refractivity contribution is 0.591. The smallest absolute Gasteiger partial charge is 0.191 e. The maximum atomic E-state index is 5.67. The van der Waals surface area contributed by atoms with Gasteiger partial charge in [0.05, 0.1) is 12.3 Å². The first-order valence-corrected chi connectivity index (χ1v) is 7.40. The number of hydrogen-bond acceptors (Lipinski definition) is 6. The number of aryl methyl sites for hydroxylation is 1. The standard InChI is InChI=1S/C11H19N7S/c1-3-5-17-9(6-12)15-16-11(17)19-7-10-13-8-14-18(10)4-2/h8H,3-7,12H2,1-2H3. The van der Waals surface area contributed by atoms with E-state index in [0.29, 0.717) is 6.54 Å². The van der Waals surface area contributed by atoms with E-state index < -0.39 is 0 Å². The van der Waals surface area contributed by atoms with Crippen LogP contribution in [0.4, 0.5) is 0 Å². The van der Waals surface area contributed by atoms with Crippen LogP contribution in [0.2, 0.25) is 0 Å². The Kier molecular flexibility index (Phi) is 4.92. The Morgan fingerprint density at radius 3 is 2.79 bits per heavy atom. The molecule has 0 fully saturated rings. The molecule has 0 bridgehead atoms. The van der Waals surface area contributed by atoms with Gasteiger partial charge in [0.1, 0.15) is 18.0 Å². The van der Waals surface area contributed by atoms with Crippen LogP contribution in [-0.4, -0.2) is 29.5 Å². The Hall–Kier alpha value is -1.41. The van der Waals surface area contributed by atoms with Gasteiger partial charge in [-0.15, -0.1) is 10.2 Å². The van der Waals surface area contributed by atoms with Crippen molar-refractivity contribution in [3.8, 4) is 0 Å². The second-order valence-electron chi connectivity index (χ2n) is 4.04. The fourth-order valence-corrected chi connectivity index (χ4v) is 2.75. The highest BCUT2D eigenvalue weighted by Gasteiger charge is 2.12. The molecule has 0 unspecified atom stereocenters. The van der Waals surface area contributed by atoms with Gasteiger partial charge in [0.25, 0.3) is 0 Å². The van der Waals surface area contributed by atoms with Gasteiger partial charge in [0.2, 0.25) is 0 Å². The zero-order chi connectivity index (χ0) is 13.7. The average molecular weight is 281 g/mol. The first-order chi connectivity index (χ1) is 9.30. The molecule has 0 aliphatic carbocycles. The highest BCUT2D eigenvalue weighted by atomic mass is 32.2. The van der Waals surface area contributed by atoms with Crippen LogP contribution in [-0.2, 0) is 25.4 Å². The zero-order valence-electron chi connectivity index (χ0n) is 11.3. The summed E-state index contributed by atoms with van der Waals surface area (Å²) in [6, 6.07) is 0. The van der Waals surface area contributed by atoms with Gasteiger partial charge in [-0.1, -0.05) is 18.7 Å². The van der Waals surface area contributed by atoms with Gasteiger partial charge in [0.15, 0.2) is 5.16 Å². The minimum atomic E-state index is 0.415. The molecule has 8 heteroatoms. The molecule has 2 rings (SSSR count). The van der Waals surface area contributed by atoms with Gasteiger partial charge >= 0.3 is 0 Å². The fraction of sp³-hybridized carbons (Fsp3) is 0.636. The third-order valence-corrected chi connectivity index (χ3v) is 3.71. The maximum Gasteiger partial charge on any atom is 0.191 e. The summed E-state index contributed by atoms with van der Waals surface area (Å²) in [5, 5.41) is 13.4.